The van der Waals surface area contributed by atoms with E-state index in [0.29, 0.717) is 6.04 Å². The molecule has 1 N–H and O–H groups in total. The molecular weight excluding hydrogens is 258 g/mol. The molecule has 2 rings (SSSR count). The first-order valence-corrected chi connectivity index (χ1v) is 8.02. The fourth-order valence-corrected chi connectivity index (χ4v) is 3.54. The Hall–Kier alpha value is -0.540. The summed E-state index contributed by atoms with van der Waals surface area (Å²) < 4.78 is 2.02. The van der Waals surface area contributed by atoms with Crippen molar-refractivity contribution in [2.45, 2.75) is 64.5 Å². The molecular formula is C15H26ClN3. The van der Waals surface area contributed by atoms with Crippen LogP contribution in [0.1, 0.15) is 63.6 Å². The maximum atomic E-state index is 6.30. The smallest absolute Gasteiger partial charge is 0.0834 e. The zero-order valence-corrected chi connectivity index (χ0v) is 12.9. The number of nitrogens with zero attached hydrogens (tertiary/aromatic N) is 2. The number of hydrogen-bond acceptors (Lipinski definition) is 2. The summed E-state index contributed by atoms with van der Waals surface area (Å²) in [6.07, 6.45) is 11.3. The summed E-state index contributed by atoms with van der Waals surface area (Å²) in [6, 6.07) is 0.330. The molecule has 1 saturated carbocycles. The second-order valence-electron chi connectivity index (χ2n) is 5.62. The zero-order valence-electron chi connectivity index (χ0n) is 12.2. The Morgan fingerprint density at radius 3 is 2.79 bits per heavy atom. The van der Waals surface area contributed by atoms with Gasteiger partial charge < -0.3 is 5.32 Å². The number of hydrogen-bond donors (Lipinski definition) is 1. The van der Waals surface area contributed by atoms with Gasteiger partial charge in [-0.1, -0.05) is 43.7 Å². The molecule has 1 heterocycles. The van der Waals surface area contributed by atoms with Gasteiger partial charge in [0.2, 0.25) is 0 Å². The van der Waals surface area contributed by atoms with Crippen molar-refractivity contribution in [3.05, 3.63) is 16.9 Å². The molecule has 4 heteroatoms. The lowest BCUT2D eigenvalue weighted by Gasteiger charge is -2.24. The van der Waals surface area contributed by atoms with Crippen LogP contribution in [-0.2, 0) is 6.54 Å². The van der Waals surface area contributed by atoms with Gasteiger partial charge in [0, 0.05) is 6.54 Å². The lowest BCUT2D eigenvalue weighted by Crippen LogP contribution is -2.22. The highest BCUT2D eigenvalue weighted by molar-refractivity contribution is 6.31. The maximum absolute atomic E-state index is 6.30. The van der Waals surface area contributed by atoms with Crippen LogP contribution in [0.2, 0.25) is 5.02 Å². The van der Waals surface area contributed by atoms with Gasteiger partial charge in [-0.3, -0.25) is 4.68 Å². The summed E-state index contributed by atoms with van der Waals surface area (Å²) in [4.78, 5) is 0. The molecule has 0 radical (unpaired) electrons. The van der Waals surface area contributed by atoms with Gasteiger partial charge in [0.1, 0.15) is 0 Å². The zero-order chi connectivity index (χ0) is 13.7. The maximum Gasteiger partial charge on any atom is 0.0834 e. The summed E-state index contributed by atoms with van der Waals surface area (Å²) in [5, 5.41) is 8.55. The van der Waals surface area contributed by atoms with E-state index in [4.69, 9.17) is 11.6 Å². The van der Waals surface area contributed by atoms with Crippen LogP contribution in [0, 0.1) is 5.92 Å². The van der Waals surface area contributed by atoms with E-state index in [1.165, 1.54) is 38.5 Å². The first kappa shape index (κ1) is 14.9. The minimum absolute atomic E-state index is 0.330. The molecule has 0 aliphatic heterocycles. The van der Waals surface area contributed by atoms with Crippen LogP contribution in [0.5, 0.6) is 0 Å². The third kappa shape index (κ3) is 3.73. The Labute approximate surface area is 121 Å². The van der Waals surface area contributed by atoms with Crippen LogP contribution in [0.25, 0.3) is 0 Å². The minimum atomic E-state index is 0.330. The minimum Gasteiger partial charge on any atom is -0.312 e. The van der Waals surface area contributed by atoms with Crippen LogP contribution in [0.15, 0.2) is 6.20 Å². The molecule has 1 aliphatic carbocycles. The molecule has 1 atom stereocenters. The van der Waals surface area contributed by atoms with E-state index in [0.717, 1.165) is 29.6 Å². The van der Waals surface area contributed by atoms with Crippen LogP contribution >= 0.6 is 11.6 Å². The van der Waals surface area contributed by atoms with Crippen LogP contribution in [-0.4, -0.2) is 16.8 Å². The Balaban J connectivity index is 1.97. The Kier molecular flexibility index (Phi) is 5.71. The van der Waals surface area contributed by atoms with Gasteiger partial charge in [-0.05, 0) is 32.7 Å². The average molecular weight is 284 g/mol. The summed E-state index contributed by atoms with van der Waals surface area (Å²) in [7, 11) is 2.02. The highest BCUT2D eigenvalue weighted by Gasteiger charge is 2.21. The third-order valence-electron chi connectivity index (χ3n) is 4.40. The predicted molar refractivity (Wildman–Crippen MR) is 80.5 cm³/mol. The van der Waals surface area contributed by atoms with Crippen molar-refractivity contribution in [1.82, 2.24) is 15.1 Å². The van der Waals surface area contributed by atoms with Gasteiger partial charge >= 0.3 is 0 Å². The van der Waals surface area contributed by atoms with Crippen molar-refractivity contribution >= 4 is 11.6 Å². The monoisotopic (exact) mass is 283 g/mol. The van der Waals surface area contributed by atoms with Crippen molar-refractivity contribution in [3.8, 4) is 0 Å². The Morgan fingerprint density at radius 1 is 1.42 bits per heavy atom. The average Bonchev–Trinajstić information content (AvgIpc) is 2.82. The summed E-state index contributed by atoms with van der Waals surface area (Å²) in [6.45, 7) is 2.99. The van der Waals surface area contributed by atoms with E-state index >= 15 is 0 Å². The molecule has 1 unspecified atom stereocenters. The highest BCUT2D eigenvalue weighted by Crippen LogP contribution is 2.32. The predicted octanol–water partition coefficient (Wildman–Crippen LogP) is 4.18. The standard InChI is InChI=1S/C15H26ClN3/c1-3-19-15(13(16)11-18-19)14(17-2)10-9-12-7-5-4-6-8-12/h11-12,14,17H,3-10H2,1-2H3. The third-order valence-corrected chi connectivity index (χ3v) is 4.69. The van der Waals surface area contributed by atoms with Crippen LogP contribution < -0.4 is 5.32 Å². The molecule has 19 heavy (non-hydrogen) atoms. The molecule has 1 aromatic heterocycles. The number of aryl methyl sites for hydroxylation is 1. The summed E-state index contributed by atoms with van der Waals surface area (Å²) in [5.74, 6) is 0.918. The van der Waals surface area contributed by atoms with Crippen molar-refractivity contribution in [1.29, 1.82) is 0 Å². The van der Waals surface area contributed by atoms with Crippen molar-refractivity contribution in [3.63, 3.8) is 0 Å². The van der Waals surface area contributed by atoms with E-state index in [1.54, 1.807) is 6.20 Å². The molecule has 0 bridgehead atoms. The molecule has 1 aliphatic rings. The summed E-state index contributed by atoms with van der Waals surface area (Å²) >= 11 is 6.30. The van der Waals surface area contributed by atoms with Gasteiger partial charge in [0.25, 0.3) is 0 Å². The van der Waals surface area contributed by atoms with E-state index < -0.39 is 0 Å². The number of rotatable bonds is 6. The lowest BCUT2D eigenvalue weighted by molar-refractivity contribution is 0.314. The number of nitrogens with one attached hydrogen (secondary N) is 1. The van der Waals surface area contributed by atoms with Crippen molar-refractivity contribution in [2.75, 3.05) is 7.05 Å². The van der Waals surface area contributed by atoms with Crippen LogP contribution in [0.4, 0.5) is 0 Å². The highest BCUT2D eigenvalue weighted by atomic mass is 35.5. The molecule has 1 fully saturated rings. The quantitative estimate of drug-likeness (QED) is 0.849. The molecule has 0 amide bonds. The topological polar surface area (TPSA) is 29.9 Å². The van der Waals surface area contributed by atoms with Gasteiger partial charge in [-0.2, -0.15) is 5.10 Å². The van der Waals surface area contributed by atoms with E-state index in [-0.39, 0.29) is 0 Å². The SMILES string of the molecule is CCn1ncc(Cl)c1C(CCC1CCCCC1)NC. The van der Waals surface area contributed by atoms with Crippen molar-refractivity contribution < 1.29 is 0 Å². The first-order chi connectivity index (χ1) is 9.26. The first-order valence-electron chi connectivity index (χ1n) is 7.64. The molecule has 0 saturated heterocycles. The van der Waals surface area contributed by atoms with Gasteiger partial charge in [0.15, 0.2) is 0 Å². The fourth-order valence-electron chi connectivity index (χ4n) is 3.27. The lowest BCUT2D eigenvalue weighted by atomic mass is 9.85. The fraction of sp³-hybridized carbons (Fsp3) is 0.800. The normalized spacial score (nSPS) is 18.7. The summed E-state index contributed by atoms with van der Waals surface area (Å²) in [5.41, 5.74) is 1.16. The second-order valence-corrected chi connectivity index (χ2v) is 6.02. The molecule has 1 aromatic rings. The van der Waals surface area contributed by atoms with Crippen molar-refractivity contribution in [2.24, 2.45) is 5.92 Å². The van der Waals surface area contributed by atoms with Gasteiger partial charge in [0.05, 0.1) is 23.0 Å². The van der Waals surface area contributed by atoms with Crippen LogP contribution in [0.3, 0.4) is 0 Å². The van der Waals surface area contributed by atoms with Gasteiger partial charge in [-0.25, -0.2) is 0 Å². The largest absolute Gasteiger partial charge is 0.312 e. The van der Waals surface area contributed by atoms with E-state index in [9.17, 15) is 0 Å². The number of halogens is 1. The second kappa shape index (κ2) is 7.30. The Morgan fingerprint density at radius 2 is 2.16 bits per heavy atom. The van der Waals surface area contributed by atoms with E-state index in [1.807, 2.05) is 11.7 Å². The van der Waals surface area contributed by atoms with E-state index in [2.05, 4.69) is 17.3 Å². The molecule has 108 valence electrons. The van der Waals surface area contributed by atoms with Gasteiger partial charge in [-0.15, -0.1) is 0 Å². The molecule has 0 spiro atoms. The molecule has 3 nitrogen and oxygen atoms in total. The number of aromatic nitrogens is 2. The molecule has 0 aromatic carbocycles. The Bertz CT molecular complexity index is 383.